The number of para-hydroxylation sites is 2. The molecule has 0 bridgehead atoms. The number of aromatic nitrogens is 1. The maximum Gasteiger partial charge on any atom is 0.126 e. The molecular weight excluding hydrogens is 502 g/mol. The smallest absolute Gasteiger partial charge is 0.126 e. The largest absolute Gasteiger partial charge is 0.507 e. The van der Waals surface area contributed by atoms with Crippen molar-refractivity contribution in [3.05, 3.63) is 132 Å². The van der Waals surface area contributed by atoms with Gasteiger partial charge in [0.25, 0.3) is 0 Å². The lowest BCUT2D eigenvalue weighted by atomic mass is 10.1. The Balaban J connectivity index is 1.16. The van der Waals surface area contributed by atoms with Crippen LogP contribution in [0.15, 0.2) is 120 Å². The van der Waals surface area contributed by atoms with Crippen molar-refractivity contribution in [1.82, 2.24) is 4.57 Å². The highest BCUT2D eigenvalue weighted by Crippen LogP contribution is 2.32. The van der Waals surface area contributed by atoms with Crippen LogP contribution in [0.4, 0.5) is 11.4 Å². The van der Waals surface area contributed by atoms with Crippen molar-refractivity contribution >= 4 is 51.5 Å². The molecule has 4 nitrogen and oxygen atoms in total. The second-order valence-electron chi connectivity index (χ2n) is 10.1. The number of nitrogens with zero attached hydrogens (tertiary/aromatic N) is 3. The number of hydrogen-bond donors (Lipinski definition) is 1. The third kappa shape index (κ3) is 5.37. The molecule has 0 atom stereocenters. The first kappa shape index (κ1) is 26.1. The summed E-state index contributed by atoms with van der Waals surface area (Å²) in [5.41, 5.74) is 8.37. The minimum Gasteiger partial charge on any atom is -0.507 e. The van der Waals surface area contributed by atoms with Gasteiger partial charge in [-0.1, -0.05) is 72.8 Å². The number of phenols is 1. The number of fused-ring (bicyclic) bond motifs is 3. The summed E-state index contributed by atoms with van der Waals surface area (Å²) in [7, 11) is 0. The van der Waals surface area contributed by atoms with Gasteiger partial charge in [0.15, 0.2) is 0 Å². The van der Waals surface area contributed by atoms with E-state index in [4.69, 9.17) is 0 Å². The molecule has 0 aliphatic heterocycles. The van der Waals surface area contributed by atoms with Crippen molar-refractivity contribution in [3.8, 4) is 11.4 Å². The molecule has 0 amide bonds. The Morgan fingerprint density at radius 2 is 1.24 bits per heavy atom. The van der Waals surface area contributed by atoms with Gasteiger partial charge in [-0.25, -0.2) is 0 Å². The molecule has 202 valence electrons. The minimum absolute atomic E-state index is 0.238. The Bertz CT molecular complexity index is 1800. The van der Waals surface area contributed by atoms with E-state index >= 15 is 0 Å². The maximum atomic E-state index is 10.5. The van der Waals surface area contributed by atoms with Gasteiger partial charge >= 0.3 is 0 Å². The summed E-state index contributed by atoms with van der Waals surface area (Å²) in [5, 5.41) is 13.0. The van der Waals surface area contributed by atoms with Crippen molar-refractivity contribution in [2.75, 3.05) is 18.0 Å². The number of hydrogen-bond acceptors (Lipinski definition) is 3. The van der Waals surface area contributed by atoms with Gasteiger partial charge in [0, 0.05) is 53.1 Å². The summed E-state index contributed by atoms with van der Waals surface area (Å²) >= 11 is 0. The highest BCUT2D eigenvalue weighted by atomic mass is 16.3. The molecule has 0 spiro atoms. The van der Waals surface area contributed by atoms with Gasteiger partial charge in [0.05, 0.1) is 16.7 Å². The molecule has 1 heterocycles. The first-order valence-corrected chi connectivity index (χ1v) is 14.1. The molecule has 41 heavy (non-hydrogen) atoms. The molecule has 5 aromatic carbocycles. The normalized spacial score (nSPS) is 11.8. The molecule has 0 saturated heterocycles. The van der Waals surface area contributed by atoms with E-state index in [9.17, 15) is 5.11 Å². The van der Waals surface area contributed by atoms with E-state index < -0.39 is 0 Å². The first-order valence-electron chi connectivity index (χ1n) is 14.1. The predicted molar refractivity (Wildman–Crippen MR) is 175 cm³/mol. The molecule has 6 aromatic rings. The Kier molecular flexibility index (Phi) is 7.38. The van der Waals surface area contributed by atoms with E-state index in [2.05, 4.69) is 125 Å². The summed E-state index contributed by atoms with van der Waals surface area (Å²) in [6.07, 6.45) is 5.95. The third-order valence-corrected chi connectivity index (χ3v) is 7.59. The highest BCUT2D eigenvalue weighted by molar-refractivity contribution is 6.09. The fourth-order valence-corrected chi connectivity index (χ4v) is 5.37. The van der Waals surface area contributed by atoms with Gasteiger partial charge in [0.1, 0.15) is 5.75 Å². The van der Waals surface area contributed by atoms with Crippen LogP contribution in [0, 0.1) is 0 Å². The standard InChI is InChI=1S/C37H33N3O/c1-3-39(4-2)32-24-19-29(37(41)25-32)26-38-30-20-15-27(16-21-30)13-14-28-17-22-31(23-18-28)40-35-11-7-5-9-33(35)34-10-6-8-12-36(34)40/h5-26,41H,3-4H2,1-2H3/b14-13+,38-26?. The second-order valence-corrected chi connectivity index (χ2v) is 10.1. The molecule has 0 aliphatic carbocycles. The molecule has 1 N–H and O–H groups in total. The van der Waals surface area contributed by atoms with Gasteiger partial charge in [-0.2, -0.15) is 0 Å². The van der Waals surface area contributed by atoms with Gasteiger partial charge in [-0.05, 0) is 73.5 Å². The molecule has 0 unspecified atom stereocenters. The predicted octanol–water partition coefficient (Wildman–Crippen LogP) is 9.26. The lowest BCUT2D eigenvalue weighted by Crippen LogP contribution is -2.21. The number of aliphatic imine (C=N–C) groups is 1. The summed E-state index contributed by atoms with van der Waals surface area (Å²) < 4.78 is 2.33. The second kappa shape index (κ2) is 11.6. The number of aromatic hydroxyl groups is 1. The lowest BCUT2D eigenvalue weighted by Gasteiger charge is -2.21. The van der Waals surface area contributed by atoms with Crippen LogP contribution >= 0.6 is 0 Å². The van der Waals surface area contributed by atoms with Crippen LogP contribution < -0.4 is 4.90 Å². The zero-order chi connectivity index (χ0) is 28.2. The van der Waals surface area contributed by atoms with Crippen LogP contribution in [0.2, 0.25) is 0 Å². The van der Waals surface area contributed by atoms with Gasteiger partial charge in [-0.3, -0.25) is 4.99 Å². The van der Waals surface area contributed by atoms with E-state index in [1.54, 1.807) is 12.3 Å². The van der Waals surface area contributed by atoms with Crippen molar-refractivity contribution in [2.24, 2.45) is 4.99 Å². The fraction of sp³-hybridized carbons (Fsp3) is 0.108. The molecule has 6 rings (SSSR count). The molecule has 0 fully saturated rings. The van der Waals surface area contributed by atoms with E-state index in [-0.39, 0.29) is 5.75 Å². The first-order chi connectivity index (χ1) is 20.1. The molecular formula is C37H33N3O. The fourth-order valence-electron chi connectivity index (χ4n) is 5.37. The zero-order valence-corrected chi connectivity index (χ0v) is 23.4. The van der Waals surface area contributed by atoms with Crippen LogP contribution in [0.1, 0.15) is 30.5 Å². The Morgan fingerprint density at radius 1 is 0.683 bits per heavy atom. The summed E-state index contributed by atoms with van der Waals surface area (Å²) in [5.74, 6) is 0.238. The van der Waals surface area contributed by atoms with Crippen LogP contribution in [-0.4, -0.2) is 29.0 Å². The van der Waals surface area contributed by atoms with Crippen LogP contribution in [0.3, 0.4) is 0 Å². The van der Waals surface area contributed by atoms with E-state index in [1.165, 1.54) is 21.8 Å². The zero-order valence-electron chi connectivity index (χ0n) is 23.4. The molecule has 0 aliphatic rings. The number of phenolic OH excluding ortho intramolecular Hbond substituents is 1. The van der Waals surface area contributed by atoms with Crippen molar-refractivity contribution < 1.29 is 5.11 Å². The Labute approximate surface area is 241 Å². The van der Waals surface area contributed by atoms with E-state index in [1.807, 2.05) is 24.3 Å². The summed E-state index contributed by atoms with van der Waals surface area (Å²) in [6.45, 7) is 6.02. The topological polar surface area (TPSA) is 40.8 Å². The SMILES string of the molecule is CCN(CC)c1ccc(C=Nc2ccc(/C=C/c3ccc(-n4c5ccccc5c5ccccc54)cc3)cc2)c(O)c1. The molecule has 0 radical (unpaired) electrons. The van der Waals surface area contributed by atoms with Crippen LogP contribution in [-0.2, 0) is 0 Å². The van der Waals surface area contributed by atoms with Crippen LogP contribution in [0.5, 0.6) is 5.75 Å². The lowest BCUT2D eigenvalue weighted by molar-refractivity contribution is 0.474. The number of benzene rings is 5. The molecule has 4 heteroatoms. The number of rotatable bonds is 8. The highest BCUT2D eigenvalue weighted by Gasteiger charge is 2.11. The third-order valence-electron chi connectivity index (χ3n) is 7.59. The quantitative estimate of drug-likeness (QED) is 0.156. The minimum atomic E-state index is 0.238. The Hall–Kier alpha value is -5.09. The van der Waals surface area contributed by atoms with E-state index in [0.717, 1.165) is 41.3 Å². The number of anilines is 1. The van der Waals surface area contributed by atoms with Crippen molar-refractivity contribution in [1.29, 1.82) is 0 Å². The van der Waals surface area contributed by atoms with Crippen molar-refractivity contribution in [2.45, 2.75) is 13.8 Å². The van der Waals surface area contributed by atoms with E-state index in [0.29, 0.717) is 5.56 Å². The van der Waals surface area contributed by atoms with Gasteiger partial charge < -0.3 is 14.6 Å². The molecule has 1 aromatic heterocycles. The molecule has 0 saturated carbocycles. The van der Waals surface area contributed by atoms with Crippen LogP contribution in [0.25, 0.3) is 39.6 Å². The van der Waals surface area contributed by atoms with Gasteiger partial charge in [0.2, 0.25) is 0 Å². The summed E-state index contributed by atoms with van der Waals surface area (Å²) in [6, 6.07) is 39.6. The van der Waals surface area contributed by atoms with Gasteiger partial charge in [-0.15, -0.1) is 0 Å². The van der Waals surface area contributed by atoms with Crippen molar-refractivity contribution in [3.63, 3.8) is 0 Å². The average Bonchev–Trinajstić information content (AvgIpc) is 3.35. The Morgan fingerprint density at radius 3 is 1.80 bits per heavy atom. The summed E-state index contributed by atoms with van der Waals surface area (Å²) in [4.78, 5) is 6.77. The average molecular weight is 536 g/mol. The monoisotopic (exact) mass is 535 g/mol. The maximum absolute atomic E-state index is 10.5.